The molecule has 1 aliphatic rings. The van der Waals surface area contributed by atoms with Gasteiger partial charge >= 0.3 is 0 Å². The van der Waals surface area contributed by atoms with E-state index in [1.165, 1.54) is 0 Å². The number of nitrogens with one attached hydrogen (secondary N) is 1. The Labute approximate surface area is 108 Å². The average Bonchev–Trinajstić information content (AvgIpc) is 2.39. The average molecular weight is 251 g/mol. The van der Waals surface area contributed by atoms with Crippen molar-refractivity contribution in [1.82, 2.24) is 14.9 Å². The molecule has 6 nitrogen and oxygen atoms in total. The van der Waals surface area contributed by atoms with Crippen molar-refractivity contribution < 1.29 is 4.74 Å². The standard InChI is InChI=1S/C12H21N5O/c1-3-4-17-5-6-18-10(8-17)12-14-9(2)7-11(15-12)16-13/h7,10H,3-6,8,13H2,1-2H3,(H,14,15,16). The van der Waals surface area contributed by atoms with Crippen molar-refractivity contribution in [3.8, 4) is 0 Å². The molecule has 1 aromatic rings. The molecule has 1 unspecified atom stereocenters. The molecule has 1 atom stereocenters. The highest BCUT2D eigenvalue weighted by Gasteiger charge is 2.24. The van der Waals surface area contributed by atoms with E-state index >= 15 is 0 Å². The monoisotopic (exact) mass is 251 g/mol. The fourth-order valence-corrected chi connectivity index (χ4v) is 2.19. The van der Waals surface area contributed by atoms with Crippen LogP contribution in [0.1, 0.15) is 31.0 Å². The number of ether oxygens (including phenoxy) is 1. The summed E-state index contributed by atoms with van der Waals surface area (Å²) in [5, 5.41) is 0. The van der Waals surface area contributed by atoms with Crippen LogP contribution in [0, 0.1) is 6.92 Å². The quantitative estimate of drug-likeness (QED) is 0.610. The molecule has 0 aliphatic carbocycles. The van der Waals surface area contributed by atoms with Gasteiger partial charge in [0.25, 0.3) is 0 Å². The van der Waals surface area contributed by atoms with Crippen LogP contribution in [0.4, 0.5) is 5.82 Å². The smallest absolute Gasteiger partial charge is 0.161 e. The third-order valence-electron chi connectivity index (χ3n) is 3.00. The number of hydrogen-bond donors (Lipinski definition) is 2. The number of rotatable bonds is 4. The van der Waals surface area contributed by atoms with Crippen molar-refractivity contribution in [1.29, 1.82) is 0 Å². The summed E-state index contributed by atoms with van der Waals surface area (Å²) >= 11 is 0. The molecule has 3 N–H and O–H groups in total. The van der Waals surface area contributed by atoms with Crippen LogP contribution in [-0.2, 0) is 4.74 Å². The number of anilines is 1. The van der Waals surface area contributed by atoms with E-state index < -0.39 is 0 Å². The molecule has 2 rings (SSSR count). The molecule has 1 aromatic heterocycles. The lowest BCUT2D eigenvalue weighted by Gasteiger charge is -2.31. The van der Waals surface area contributed by atoms with Gasteiger partial charge in [0.2, 0.25) is 0 Å². The first-order valence-electron chi connectivity index (χ1n) is 6.39. The van der Waals surface area contributed by atoms with Crippen LogP contribution >= 0.6 is 0 Å². The highest BCUT2D eigenvalue weighted by molar-refractivity contribution is 5.34. The van der Waals surface area contributed by atoms with E-state index in [-0.39, 0.29) is 6.10 Å². The minimum Gasteiger partial charge on any atom is -0.368 e. The molecule has 0 bridgehead atoms. The Balaban J connectivity index is 2.12. The molecule has 1 aliphatic heterocycles. The summed E-state index contributed by atoms with van der Waals surface area (Å²) in [5.41, 5.74) is 3.46. The maximum absolute atomic E-state index is 5.76. The van der Waals surface area contributed by atoms with Crippen molar-refractivity contribution in [2.24, 2.45) is 5.84 Å². The number of aryl methyl sites for hydroxylation is 1. The zero-order valence-corrected chi connectivity index (χ0v) is 11.0. The molecule has 0 radical (unpaired) electrons. The maximum Gasteiger partial charge on any atom is 0.161 e. The van der Waals surface area contributed by atoms with Gasteiger partial charge in [0.05, 0.1) is 6.61 Å². The van der Waals surface area contributed by atoms with Crippen molar-refractivity contribution in [3.63, 3.8) is 0 Å². The topological polar surface area (TPSA) is 76.3 Å². The number of hydrogen-bond acceptors (Lipinski definition) is 6. The maximum atomic E-state index is 5.76. The third kappa shape index (κ3) is 3.16. The van der Waals surface area contributed by atoms with Crippen LogP contribution in [0.2, 0.25) is 0 Å². The van der Waals surface area contributed by atoms with Gasteiger partial charge in [-0.1, -0.05) is 6.92 Å². The molecule has 1 fully saturated rings. The van der Waals surface area contributed by atoms with Crippen molar-refractivity contribution in [2.75, 3.05) is 31.7 Å². The van der Waals surface area contributed by atoms with Crippen LogP contribution in [0.15, 0.2) is 6.07 Å². The van der Waals surface area contributed by atoms with E-state index in [0.717, 1.165) is 38.4 Å². The Morgan fingerprint density at radius 1 is 1.56 bits per heavy atom. The van der Waals surface area contributed by atoms with Gasteiger partial charge in [0, 0.05) is 24.8 Å². The summed E-state index contributed by atoms with van der Waals surface area (Å²) in [4.78, 5) is 11.2. The van der Waals surface area contributed by atoms with Gasteiger partial charge in [0.1, 0.15) is 11.9 Å². The van der Waals surface area contributed by atoms with Gasteiger partial charge < -0.3 is 10.2 Å². The van der Waals surface area contributed by atoms with Crippen LogP contribution in [0.3, 0.4) is 0 Å². The van der Waals surface area contributed by atoms with E-state index in [4.69, 9.17) is 10.6 Å². The predicted octanol–water partition coefficient (Wildman–Crippen LogP) is 0.854. The highest BCUT2D eigenvalue weighted by atomic mass is 16.5. The number of nitrogens with zero attached hydrogens (tertiary/aromatic N) is 3. The van der Waals surface area contributed by atoms with E-state index in [2.05, 4.69) is 27.2 Å². The fraction of sp³-hybridized carbons (Fsp3) is 0.667. The van der Waals surface area contributed by atoms with Crippen LogP contribution in [0.25, 0.3) is 0 Å². The van der Waals surface area contributed by atoms with Gasteiger partial charge in [-0.05, 0) is 19.9 Å². The first kappa shape index (κ1) is 13.2. The lowest BCUT2D eigenvalue weighted by atomic mass is 10.2. The number of morpholine rings is 1. The minimum atomic E-state index is -0.0581. The van der Waals surface area contributed by atoms with Gasteiger partial charge in [0.15, 0.2) is 5.82 Å². The zero-order chi connectivity index (χ0) is 13.0. The predicted molar refractivity (Wildman–Crippen MR) is 70.0 cm³/mol. The Morgan fingerprint density at radius 3 is 3.11 bits per heavy atom. The number of nitrogen functional groups attached to an aromatic ring is 1. The molecule has 6 heteroatoms. The van der Waals surface area contributed by atoms with E-state index in [9.17, 15) is 0 Å². The van der Waals surface area contributed by atoms with Crippen molar-refractivity contribution in [2.45, 2.75) is 26.4 Å². The molecule has 0 aromatic carbocycles. The number of aromatic nitrogens is 2. The molecule has 100 valence electrons. The van der Waals surface area contributed by atoms with Crippen molar-refractivity contribution >= 4 is 5.82 Å². The number of nitrogens with two attached hydrogens (primary N) is 1. The first-order valence-corrected chi connectivity index (χ1v) is 6.39. The lowest BCUT2D eigenvalue weighted by molar-refractivity contribution is -0.0342. The summed E-state index contributed by atoms with van der Waals surface area (Å²) in [6, 6.07) is 1.82. The summed E-state index contributed by atoms with van der Waals surface area (Å²) in [5.74, 6) is 6.75. The first-order chi connectivity index (χ1) is 8.72. The Hall–Kier alpha value is -1.24. The summed E-state index contributed by atoms with van der Waals surface area (Å²) < 4.78 is 5.76. The van der Waals surface area contributed by atoms with Crippen LogP contribution < -0.4 is 11.3 Å². The van der Waals surface area contributed by atoms with Gasteiger partial charge in [-0.3, -0.25) is 4.90 Å². The Morgan fingerprint density at radius 2 is 2.39 bits per heavy atom. The highest BCUT2D eigenvalue weighted by Crippen LogP contribution is 2.20. The normalized spacial score (nSPS) is 20.9. The molecule has 0 saturated carbocycles. The molecule has 1 saturated heterocycles. The fourth-order valence-electron chi connectivity index (χ4n) is 2.19. The van der Waals surface area contributed by atoms with Gasteiger partial charge in [-0.2, -0.15) is 0 Å². The second-order valence-corrected chi connectivity index (χ2v) is 4.56. The largest absolute Gasteiger partial charge is 0.368 e. The lowest BCUT2D eigenvalue weighted by Crippen LogP contribution is -2.39. The SMILES string of the molecule is CCCN1CCOC(c2nc(C)cc(NN)n2)C1. The van der Waals surface area contributed by atoms with E-state index in [1.54, 1.807) is 0 Å². The molecule has 0 spiro atoms. The van der Waals surface area contributed by atoms with Crippen molar-refractivity contribution in [3.05, 3.63) is 17.6 Å². The molecular weight excluding hydrogens is 230 g/mol. The second-order valence-electron chi connectivity index (χ2n) is 4.56. The minimum absolute atomic E-state index is 0.0581. The Kier molecular flexibility index (Phi) is 4.46. The van der Waals surface area contributed by atoms with Gasteiger partial charge in [-0.15, -0.1) is 0 Å². The van der Waals surface area contributed by atoms with E-state index in [0.29, 0.717) is 11.6 Å². The van der Waals surface area contributed by atoms with E-state index in [1.807, 2.05) is 13.0 Å². The second kappa shape index (κ2) is 6.08. The van der Waals surface area contributed by atoms with Crippen LogP contribution in [-0.4, -0.2) is 41.1 Å². The Bertz CT molecular complexity index is 396. The zero-order valence-electron chi connectivity index (χ0n) is 11.0. The summed E-state index contributed by atoms with van der Waals surface area (Å²) in [6.07, 6.45) is 1.09. The molecule has 0 amide bonds. The molecule has 18 heavy (non-hydrogen) atoms. The molecular formula is C12H21N5O. The third-order valence-corrected chi connectivity index (χ3v) is 3.00. The summed E-state index contributed by atoms with van der Waals surface area (Å²) in [6.45, 7) is 7.77. The summed E-state index contributed by atoms with van der Waals surface area (Å²) in [7, 11) is 0. The van der Waals surface area contributed by atoms with Crippen LogP contribution in [0.5, 0.6) is 0 Å². The molecule has 2 heterocycles. The van der Waals surface area contributed by atoms with Gasteiger partial charge in [-0.25, -0.2) is 15.8 Å². The number of hydrazine groups is 1.